The maximum absolute atomic E-state index is 12.3. The van der Waals surface area contributed by atoms with Crippen LogP contribution < -0.4 is 4.74 Å². The van der Waals surface area contributed by atoms with Crippen molar-refractivity contribution in [2.75, 3.05) is 12.9 Å². The van der Waals surface area contributed by atoms with Gasteiger partial charge in [0.05, 0.1) is 12.9 Å². The Morgan fingerprint density at radius 2 is 2.00 bits per heavy atom. The molecule has 0 atom stereocenters. The lowest BCUT2D eigenvalue weighted by atomic mass is 10.1. The van der Waals surface area contributed by atoms with Gasteiger partial charge in [0.2, 0.25) is 5.16 Å². The average molecular weight is 353 g/mol. The maximum Gasteiger partial charge on any atom is 0.209 e. The standard InChI is InChI=1S/C19H19N3O2S/c1-3-13-7-9-14(10-8-13)18-20-19(22-21-18)25-12-17(23)15-5-4-6-16(11-15)24-2/h4-11H,3,12H2,1-2H3,(H,20,21,22). The van der Waals surface area contributed by atoms with E-state index >= 15 is 0 Å². The highest BCUT2D eigenvalue weighted by molar-refractivity contribution is 7.99. The average Bonchev–Trinajstić information content (AvgIpc) is 3.15. The van der Waals surface area contributed by atoms with E-state index in [-0.39, 0.29) is 11.5 Å². The van der Waals surface area contributed by atoms with E-state index in [1.165, 1.54) is 17.3 Å². The summed E-state index contributed by atoms with van der Waals surface area (Å²) in [4.78, 5) is 16.7. The SMILES string of the molecule is CCc1ccc(-c2nc(SCC(=O)c3cccc(OC)c3)n[nH]2)cc1. The van der Waals surface area contributed by atoms with E-state index in [1.807, 2.05) is 24.3 Å². The molecule has 3 rings (SSSR count). The largest absolute Gasteiger partial charge is 0.497 e. The second-order valence-corrected chi connectivity index (χ2v) is 6.40. The van der Waals surface area contributed by atoms with Crippen LogP contribution in [0.15, 0.2) is 53.7 Å². The van der Waals surface area contributed by atoms with Crippen molar-refractivity contribution in [2.45, 2.75) is 18.5 Å². The number of Topliss-reactive ketones (excluding diaryl/α,β-unsaturated/α-hetero) is 1. The van der Waals surface area contributed by atoms with Gasteiger partial charge in [-0.1, -0.05) is 55.1 Å². The fourth-order valence-corrected chi connectivity index (χ4v) is 3.04. The summed E-state index contributed by atoms with van der Waals surface area (Å²) in [5, 5.41) is 7.67. The number of thioether (sulfide) groups is 1. The van der Waals surface area contributed by atoms with Crippen LogP contribution in [0.5, 0.6) is 5.75 Å². The Labute approximate surface area is 150 Å². The van der Waals surface area contributed by atoms with Gasteiger partial charge >= 0.3 is 0 Å². The Morgan fingerprint density at radius 3 is 2.72 bits per heavy atom. The second-order valence-electron chi connectivity index (χ2n) is 5.46. The first-order valence-corrected chi connectivity index (χ1v) is 9.00. The highest BCUT2D eigenvalue weighted by atomic mass is 32.2. The Kier molecular flexibility index (Phi) is 5.50. The molecule has 0 aliphatic carbocycles. The topological polar surface area (TPSA) is 67.9 Å². The summed E-state index contributed by atoms with van der Waals surface area (Å²) in [6.45, 7) is 2.12. The van der Waals surface area contributed by atoms with Gasteiger partial charge in [-0.2, -0.15) is 0 Å². The van der Waals surface area contributed by atoms with Crippen molar-refractivity contribution in [1.29, 1.82) is 0 Å². The van der Waals surface area contributed by atoms with E-state index in [0.717, 1.165) is 12.0 Å². The molecule has 5 nitrogen and oxygen atoms in total. The van der Waals surface area contributed by atoms with Crippen molar-refractivity contribution in [3.63, 3.8) is 0 Å². The second kappa shape index (κ2) is 7.98. The number of hydrogen-bond donors (Lipinski definition) is 1. The normalized spacial score (nSPS) is 10.6. The number of methoxy groups -OCH3 is 1. The van der Waals surface area contributed by atoms with Gasteiger partial charge < -0.3 is 4.74 Å². The molecule has 128 valence electrons. The number of ketones is 1. The van der Waals surface area contributed by atoms with E-state index in [2.05, 4.69) is 34.2 Å². The molecule has 3 aromatic rings. The summed E-state index contributed by atoms with van der Waals surface area (Å²) in [6.07, 6.45) is 1.00. The molecule has 0 unspecified atom stereocenters. The van der Waals surface area contributed by atoms with Crippen molar-refractivity contribution in [3.8, 4) is 17.1 Å². The summed E-state index contributed by atoms with van der Waals surface area (Å²) in [5.41, 5.74) is 2.88. The van der Waals surface area contributed by atoms with Crippen molar-refractivity contribution in [2.24, 2.45) is 0 Å². The molecule has 6 heteroatoms. The number of hydrogen-bond acceptors (Lipinski definition) is 5. The fraction of sp³-hybridized carbons (Fsp3) is 0.211. The minimum absolute atomic E-state index is 0.0162. The van der Waals surface area contributed by atoms with Gasteiger partial charge in [-0.3, -0.25) is 9.89 Å². The number of H-pyrrole nitrogens is 1. The lowest BCUT2D eigenvalue weighted by Crippen LogP contribution is -2.02. The summed E-state index contributed by atoms with van der Waals surface area (Å²) < 4.78 is 5.15. The number of ether oxygens (including phenoxy) is 1. The van der Waals surface area contributed by atoms with Crippen LogP contribution in [0.3, 0.4) is 0 Å². The zero-order chi connectivity index (χ0) is 17.6. The van der Waals surface area contributed by atoms with Gasteiger partial charge in [0.15, 0.2) is 11.6 Å². The molecule has 0 aliphatic heterocycles. The number of aromatic amines is 1. The van der Waals surface area contributed by atoms with E-state index in [1.54, 1.807) is 19.2 Å². The molecule has 1 heterocycles. The van der Waals surface area contributed by atoms with Crippen molar-refractivity contribution >= 4 is 17.5 Å². The molecule has 0 aliphatic rings. The van der Waals surface area contributed by atoms with Crippen LogP contribution in [0.4, 0.5) is 0 Å². The molecular formula is C19H19N3O2S. The van der Waals surface area contributed by atoms with Crippen LogP contribution in [0, 0.1) is 0 Å². The fourth-order valence-electron chi connectivity index (χ4n) is 2.35. The summed E-state index contributed by atoms with van der Waals surface area (Å²) >= 11 is 1.32. The summed E-state index contributed by atoms with van der Waals surface area (Å²) in [6, 6.07) is 15.3. The van der Waals surface area contributed by atoms with Gasteiger partial charge in [-0.25, -0.2) is 4.98 Å². The van der Waals surface area contributed by atoms with Crippen LogP contribution in [-0.4, -0.2) is 33.8 Å². The highest BCUT2D eigenvalue weighted by Crippen LogP contribution is 2.21. The third-order valence-corrected chi connectivity index (χ3v) is 4.67. The van der Waals surface area contributed by atoms with Crippen LogP contribution in [-0.2, 0) is 6.42 Å². The molecule has 0 amide bonds. The molecule has 0 saturated carbocycles. The molecule has 1 N–H and O–H groups in total. The number of carbonyl (C=O) groups excluding carboxylic acids is 1. The minimum Gasteiger partial charge on any atom is -0.497 e. The van der Waals surface area contributed by atoms with Crippen LogP contribution in [0.25, 0.3) is 11.4 Å². The maximum atomic E-state index is 12.3. The minimum atomic E-state index is 0.0162. The van der Waals surface area contributed by atoms with Crippen LogP contribution in [0.1, 0.15) is 22.8 Å². The zero-order valence-electron chi connectivity index (χ0n) is 14.2. The molecule has 1 aromatic heterocycles. The first-order valence-electron chi connectivity index (χ1n) is 8.01. The number of nitrogens with zero attached hydrogens (tertiary/aromatic N) is 2. The molecule has 0 saturated heterocycles. The third kappa shape index (κ3) is 4.28. The smallest absolute Gasteiger partial charge is 0.209 e. The summed E-state index contributed by atoms with van der Waals surface area (Å²) in [7, 11) is 1.58. The number of rotatable bonds is 7. The quantitative estimate of drug-likeness (QED) is 0.513. The predicted molar refractivity (Wildman–Crippen MR) is 99.2 cm³/mol. The summed E-state index contributed by atoms with van der Waals surface area (Å²) in [5.74, 6) is 1.67. The molecular weight excluding hydrogens is 334 g/mol. The van der Waals surface area contributed by atoms with E-state index in [9.17, 15) is 4.79 Å². The van der Waals surface area contributed by atoms with Crippen molar-refractivity contribution in [1.82, 2.24) is 15.2 Å². The lowest BCUT2D eigenvalue weighted by Gasteiger charge is -2.02. The van der Waals surface area contributed by atoms with E-state index in [0.29, 0.717) is 22.3 Å². The van der Waals surface area contributed by atoms with Gasteiger partial charge in [-0.15, -0.1) is 5.10 Å². The van der Waals surface area contributed by atoms with E-state index < -0.39 is 0 Å². The monoisotopic (exact) mass is 353 g/mol. The van der Waals surface area contributed by atoms with Crippen LogP contribution in [0.2, 0.25) is 0 Å². The third-order valence-electron chi connectivity index (χ3n) is 3.82. The Morgan fingerprint density at radius 1 is 1.20 bits per heavy atom. The van der Waals surface area contributed by atoms with Crippen molar-refractivity contribution in [3.05, 3.63) is 59.7 Å². The number of benzene rings is 2. The molecule has 0 spiro atoms. The van der Waals surface area contributed by atoms with E-state index in [4.69, 9.17) is 4.74 Å². The Bertz CT molecular complexity index is 859. The van der Waals surface area contributed by atoms with Gasteiger partial charge in [0, 0.05) is 11.1 Å². The number of nitrogens with one attached hydrogen (secondary N) is 1. The molecule has 0 fully saturated rings. The number of aromatic nitrogens is 3. The lowest BCUT2D eigenvalue weighted by molar-refractivity contribution is 0.102. The number of aryl methyl sites for hydroxylation is 1. The highest BCUT2D eigenvalue weighted by Gasteiger charge is 2.11. The molecule has 2 aromatic carbocycles. The number of carbonyl (C=O) groups is 1. The molecule has 0 bridgehead atoms. The first-order chi connectivity index (χ1) is 12.2. The van der Waals surface area contributed by atoms with Gasteiger partial charge in [0.1, 0.15) is 5.75 Å². The van der Waals surface area contributed by atoms with Crippen LogP contribution >= 0.6 is 11.8 Å². The Hall–Kier alpha value is -2.60. The molecule has 0 radical (unpaired) electrons. The van der Waals surface area contributed by atoms with Crippen molar-refractivity contribution < 1.29 is 9.53 Å². The first kappa shape index (κ1) is 17.2. The predicted octanol–water partition coefficient (Wildman–Crippen LogP) is 4.02. The zero-order valence-corrected chi connectivity index (χ0v) is 15.0. The Balaban J connectivity index is 1.63. The molecule has 25 heavy (non-hydrogen) atoms. The van der Waals surface area contributed by atoms with Gasteiger partial charge in [-0.05, 0) is 24.1 Å². The van der Waals surface area contributed by atoms with Gasteiger partial charge in [0.25, 0.3) is 0 Å².